The minimum Gasteiger partial charge on any atom is -0.345 e. The molecule has 2 N–H and O–H groups in total. The number of anilines is 1. The zero-order valence-corrected chi connectivity index (χ0v) is 19.4. The number of piperidine rings is 1. The highest BCUT2D eigenvalue weighted by atomic mass is 32.2. The van der Waals surface area contributed by atoms with Crippen molar-refractivity contribution in [2.75, 3.05) is 32.5 Å². The van der Waals surface area contributed by atoms with Crippen LogP contribution in [-0.2, 0) is 15.0 Å². The fourth-order valence-corrected chi connectivity index (χ4v) is 4.84. The number of hydrogen-bond donors (Lipinski definition) is 2. The second kappa shape index (κ2) is 10.2. The molecule has 0 saturated carbocycles. The van der Waals surface area contributed by atoms with Crippen LogP contribution < -0.4 is 10.6 Å². The molecule has 2 aromatic rings. The molecule has 1 aliphatic heterocycles. The van der Waals surface area contributed by atoms with Gasteiger partial charge in [0.1, 0.15) is 0 Å². The third-order valence-corrected chi connectivity index (χ3v) is 7.63. The molecule has 2 amide bonds. The molecule has 0 aliphatic carbocycles. The summed E-state index contributed by atoms with van der Waals surface area (Å²) < 4.78 is 27.1. The van der Waals surface area contributed by atoms with E-state index >= 15 is 0 Å². The van der Waals surface area contributed by atoms with Crippen molar-refractivity contribution in [1.82, 2.24) is 13.9 Å². The Balaban J connectivity index is 1.64. The second-order valence-corrected chi connectivity index (χ2v) is 10.2. The molecule has 172 valence electrons. The van der Waals surface area contributed by atoms with Gasteiger partial charge in [-0.2, -0.15) is 17.0 Å². The largest absolute Gasteiger partial charge is 0.345 e. The maximum absolute atomic E-state index is 12.9. The number of benzene rings is 2. The predicted molar refractivity (Wildman–Crippen MR) is 124 cm³/mol. The molecule has 9 heteroatoms. The monoisotopic (exact) mass is 458 g/mol. The molecule has 1 aliphatic rings. The first-order chi connectivity index (χ1) is 15.2. The third-order valence-electron chi connectivity index (χ3n) is 5.69. The highest BCUT2D eigenvalue weighted by molar-refractivity contribution is 7.86. The van der Waals surface area contributed by atoms with E-state index in [2.05, 4.69) is 10.6 Å². The lowest BCUT2D eigenvalue weighted by Gasteiger charge is -2.32. The Kier molecular flexibility index (Phi) is 7.65. The highest BCUT2D eigenvalue weighted by Gasteiger charge is 2.32. The summed E-state index contributed by atoms with van der Waals surface area (Å²) >= 11 is 0. The van der Waals surface area contributed by atoms with Gasteiger partial charge in [0.25, 0.3) is 16.1 Å². The Morgan fingerprint density at radius 2 is 1.59 bits per heavy atom. The van der Waals surface area contributed by atoms with Gasteiger partial charge in [-0.15, -0.1) is 0 Å². The summed E-state index contributed by atoms with van der Waals surface area (Å²) in [5.41, 5.74) is 1.82. The Hall–Kier alpha value is -2.75. The van der Waals surface area contributed by atoms with Gasteiger partial charge in [-0.3, -0.25) is 9.59 Å². The van der Waals surface area contributed by atoms with Gasteiger partial charge in [-0.1, -0.05) is 42.5 Å². The summed E-state index contributed by atoms with van der Waals surface area (Å²) in [4.78, 5) is 25.7. The van der Waals surface area contributed by atoms with Crippen molar-refractivity contribution in [3.05, 3.63) is 65.7 Å². The Morgan fingerprint density at radius 1 is 1.00 bits per heavy atom. The molecule has 1 fully saturated rings. The van der Waals surface area contributed by atoms with Gasteiger partial charge in [-0.25, -0.2) is 0 Å². The fourth-order valence-electron chi connectivity index (χ4n) is 3.70. The summed E-state index contributed by atoms with van der Waals surface area (Å²) in [7, 11) is -0.489. The van der Waals surface area contributed by atoms with Crippen LogP contribution in [0.3, 0.4) is 0 Å². The summed E-state index contributed by atoms with van der Waals surface area (Å²) in [6.07, 6.45) is 0.858. The van der Waals surface area contributed by atoms with Crippen LogP contribution in [0.2, 0.25) is 0 Å². The first kappa shape index (κ1) is 23.9. The zero-order chi connectivity index (χ0) is 23.3. The minimum atomic E-state index is -3.48. The molecule has 8 nitrogen and oxygen atoms in total. The van der Waals surface area contributed by atoms with E-state index in [0.717, 1.165) is 5.56 Å². The molecule has 1 heterocycles. The lowest BCUT2D eigenvalue weighted by Crippen LogP contribution is -2.46. The first-order valence-electron chi connectivity index (χ1n) is 10.6. The number of nitrogens with zero attached hydrogens (tertiary/aromatic N) is 2. The SMILES string of the molecule is C[C@H](NC(=O)c1ccccc1NC(=O)C1CCN(S(=O)(=O)N(C)C)CC1)c1ccccc1. The molecule has 0 bridgehead atoms. The summed E-state index contributed by atoms with van der Waals surface area (Å²) in [6.45, 7) is 2.48. The maximum atomic E-state index is 12.9. The number of rotatable bonds is 7. The summed E-state index contributed by atoms with van der Waals surface area (Å²) in [5.74, 6) is -0.796. The molecule has 2 aromatic carbocycles. The van der Waals surface area contributed by atoms with Gasteiger partial charge in [0.05, 0.1) is 17.3 Å². The third kappa shape index (κ3) is 5.53. The van der Waals surface area contributed by atoms with Crippen molar-refractivity contribution in [2.24, 2.45) is 5.92 Å². The predicted octanol–water partition coefficient (Wildman–Crippen LogP) is 2.63. The van der Waals surface area contributed by atoms with Crippen molar-refractivity contribution in [1.29, 1.82) is 0 Å². The van der Waals surface area contributed by atoms with E-state index < -0.39 is 10.2 Å². The van der Waals surface area contributed by atoms with Crippen molar-refractivity contribution >= 4 is 27.7 Å². The van der Waals surface area contributed by atoms with Crippen LogP contribution >= 0.6 is 0 Å². The van der Waals surface area contributed by atoms with Crippen molar-refractivity contribution < 1.29 is 18.0 Å². The van der Waals surface area contributed by atoms with E-state index in [-0.39, 0.29) is 36.9 Å². The normalized spacial score (nSPS) is 16.5. The van der Waals surface area contributed by atoms with Gasteiger partial charge in [0.15, 0.2) is 0 Å². The van der Waals surface area contributed by atoms with Crippen LogP contribution in [0.4, 0.5) is 5.69 Å². The van der Waals surface area contributed by atoms with Crippen LogP contribution in [-0.4, -0.2) is 56.0 Å². The molecule has 1 atom stereocenters. The quantitative estimate of drug-likeness (QED) is 0.666. The minimum absolute atomic E-state index is 0.185. The van der Waals surface area contributed by atoms with Gasteiger partial charge in [0.2, 0.25) is 5.91 Å². The van der Waals surface area contributed by atoms with Crippen LogP contribution in [0.5, 0.6) is 0 Å². The van der Waals surface area contributed by atoms with E-state index in [1.54, 1.807) is 24.3 Å². The van der Waals surface area contributed by atoms with Crippen LogP contribution in [0.25, 0.3) is 0 Å². The smallest absolute Gasteiger partial charge is 0.281 e. The van der Waals surface area contributed by atoms with Gasteiger partial charge >= 0.3 is 0 Å². The fraction of sp³-hybridized carbons (Fsp3) is 0.391. The van der Waals surface area contributed by atoms with Crippen LogP contribution in [0, 0.1) is 5.92 Å². The van der Waals surface area contributed by atoms with Crippen molar-refractivity contribution in [3.63, 3.8) is 0 Å². The molecule has 32 heavy (non-hydrogen) atoms. The summed E-state index contributed by atoms with van der Waals surface area (Å²) in [6, 6.07) is 16.4. The number of para-hydroxylation sites is 1. The van der Waals surface area contributed by atoms with E-state index in [1.807, 2.05) is 37.3 Å². The Bertz CT molecular complexity index is 1050. The maximum Gasteiger partial charge on any atom is 0.281 e. The second-order valence-electron chi connectivity index (χ2n) is 8.10. The molecular weight excluding hydrogens is 428 g/mol. The highest BCUT2D eigenvalue weighted by Crippen LogP contribution is 2.24. The lowest BCUT2D eigenvalue weighted by molar-refractivity contribution is -0.120. The van der Waals surface area contributed by atoms with Crippen LogP contribution in [0.1, 0.15) is 41.7 Å². The molecule has 0 aromatic heterocycles. The van der Waals surface area contributed by atoms with E-state index in [1.165, 1.54) is 22.7 Å². The van der Waals surface area contributed by atoms with Gasteiger partial charge in [-0.05, 0) is 37.5 Å². The van der Waals surface area contributed by atoms with E-state index in [9.17, 15) is 18.0 Å². The van der Waals surface area contributed by atoms with E-state index in [4.69, 9.17) is 0 Å². The zero-order valence-electron chi connectivity index (χ0n) is 18.6. The number of nitrogens with one attached hydrogen (secondary N) is 2. The van der Waals surface area contributed by atoms with Gasteiger partial charge < -0.3 is 10.6 Å². The number of amides is 2. The molecule has 1 saturated heterocycles. The number of carbonyl (C=O) groups is 2. The van der Waals surface area contributed by atoms with Gasteiger partial charge in [0, 0.05) is 33.1 Å². The average Bonchev–Trinajstić information content (AvgIpc) is 2.79. The topological polar surface area (TPSA) is 98.8 Å². The van der Waals surface area contributed by atoms with Crippen LogP contribution in [0.15, 0.2) is 54.6 Å². The lowest BCUT2D eigenvalue weighted by atomic mass is 9.97. The summed E-state index contributed by atoms with van der Waals surface area (Å²) in [5, 5.41) is 5.84. The van der Waals surface area contributed by atoms with E-state index in [0.29, 0.717) is 24.1 Å². The molecule has 0 spiro atoms. The Morgan fingerprint density at radius 3 is 2.22 bits per heavy atom. The van der Waals surface area contributed by atoms with Crippen molar-refractivity contribution in [3.8, 4) is 0 Å². The number of hydrogen-bond acceptors (Lipinski definition) is 4. The standard InChI is InChI=1S/C23H30N4O4S/c1-17(18-9-5-4-6-10-18)24-23(29)20-11-7-8-12-21(20)25-22(28)19-13-15-27(16-14-19)32(30,31)26(2)3/h4-12,17,19H,13-16H2,1-3H3,(H,24,29)(H,25,28)/t17-/m0/s1. The molecular formula is C23H30N4O4S. The molecule has 3 rings (SSSR count). The molecule has 0 radical (unpaired) electrons. The Labute approximate surface area is 189 Å². The molecule has 0 unspecified atom stereocenters. The first-order valence-corrected chi connectivity index (χ1v) is 12.0. The number of carbonyl (C=O) groups excluding carboxylic acids is 2. The average molecular weight is 459 g/mol. The van der Waals surface area contributed by atoms with Crippen molar-refractivity contribution in [2.45, 2.75) is 25.8 Å².